The average Bonchev–Trinajstić information content (AvgIpc) is 2.99. The van der Waals surface area contributed by atoms with Gasteiger partial charge in [-0.1, -0.05) is 20.3 Å². The van der Waals surface area contributed by atoms with E-state index >= 15 is 0 Å². The second-order valence-corrected chi connectivity index (χ2v) is 8.63. The Hall–Kier alpha value is -0.960. The molecule has 2 aliphatic heterocycles. The Kier molecular flexibility index (Phi) is 4.87. The largest absolute Gasteiger partial charge is 0.356 e. The Labute approximate surface area is 162 Å². The molecule has 2 aromatic heterocycles. The Morgan fingerprint density at radius 1 is 1.32 bits per heavy atom. The molecule has 25 heavy (non-hydrogen) atoms. The van der Waals surface area contributed by atoms with Gasteiger partial charge in [0.05, 0.1) is 6.20 Å². The van der Waals surface area contributed by atoms with Gasteiger partial charge in [0.1, 0.15) is 11.3 Å². The third kappa shape index (κ3) is 3.37. The number of fused-ring (bicyclic) bond motifs is 1. The lowest BCUT2D eigenvalue weighted by atomic mass is 9.78. The summed E-state index contributed by atoms with van der Waals surface area (Å²) in [6.07, 6.45) is 8.89. The van der Waals surface area contributed by atoms with Gasteiger partial charge in [-0.25, -0.2) is 14.6 Å². The van der Waals surface area contributed by atoms with Crippen LogP contribution in [0.15, 0.2) is 6.20 Å². The number of rotatable bonds is 3. The fourth-order valence-electron chi connectivity index (χ4n) is 3.76. The van der Waals surface area contributed by atoms with E-state index in [2.05, 4.69) is 51.4 Å². The zero-order chi connectivity index (χ0) is 17.4. The molecule has 136 valence electrons. The van der Waals surface area contributed by atoms with Gasteiger partial charge in [0.2, 0.25) is 0 Å². The van der Waals surface area contributed by atoms with Crippen molar-refractivity contribution in [2.75, 3.05) is 24.6 Å². The first kappa shape index (κ1) is 17.5. The van der Waals surface area contributed by atoms with E-state index in [1.54, 1.807) is 0 Å². The van der Waals surface area contributed by atoms with Crippen molar-refractivity contribution < 1.29 is 4.74 Å². The number of halogens is 1. The van der Waals surface area contributed by atoms with Gasteiger partial charge in [-0.15, -0.1) is 0 Å². The Balaban J connectivity index is 1.63. The van der Waals surface area contributed by atoms with E-state index in [0.717, 1.165) is 53.2 Å². The van der Waals surface area contributed by atoms with Crippen LogP contribution in [0.1, 0.15) is 58.6 Å². The molecule has 0 spiro atoms. The van der Waals surface area contributed by atoms with Crippen LogP contribution in [0.2, 0.25) is 0 Å². The van der Waals surface area contributed by atoms with Crippen LogP contribution in [-0.2, 0) is 4.74 Å². The molecule has 0 saturated carbocycles. The summed E-state index contributed by atoms with van der Waals surface area (Å²) in [6, 6.07) is 0. The molecule has 0 aromatic carbocycles. The van der Waals surface area contributed by atoms with E-state index in [4.69, 9.17) is 9.72 Å². The molecule has 0 bridgehead atoms. The van der Waals surface area contributed by atoms with E-state index < -0.39 is 0 Å². The minimum atomic E-state index is -0.00550. The first-order chi connectivity index (χ1) is 12.1. The lowest BCUT2D eigenvalue weighted by molar-refractivity contribution is -0.0372. The molecule has 4 heterocycles. The molecule has 1 unspecified atom stereocenters. The summed E-state index contributed by atoms with van der Waals surface area (Å²) in [5, 5.41) is 4.67. The second-order valence-electron chi connectivity index (χ2n) is 7.61. The fourth-order valence-corrected chi connectivity index (χ4v) is 4.38. The number of ether oxygens (including phenoxy) is 1. The summed E-state index contributed by atoms with van der Waals surface area (Å²) >= 11 is 2.25. The number of piperidine rings is 1. The van der Waals surface area contributed by atoms with Crippen molar-refractivity contribution in [1.29, 1.82) is 0 Å². The zero-order valence-corrected chi connectivity index (χ0v) is 17.2. The Morgan fingerprint density at radius 3 is 2.80 bits per heavy atom. The van der Waals surface area contributed by atoms with E-state index in [9.17, 15) is 0 Å². The highest BCUT2D eigenvalue weighted by atomic mass is 127. The SMILES string of the molecule is CCC1(C)CCN(c2cnc3c(I)nn(C4CCCCO4)c3n2)CC1. The second kappa shape index (κ2) is 6.98. The van der Waals surface area contributed by atoms with Crippen LogP contribution >= 0.6 is 22.6 Å². The lowest BCUT2D eigenvalue weighted by Gasteiger charge is -2.39. The molecule has 4 rings (SSSR count). The van der Waals surface area contributed by atoms with Crippen molar-refractivity contribution in [3.05, 3.63) is 9.90 Å². The third-order valence-electron chi connectivity index (χ3n) is 5.93. The summed E-state index contributed by atoms with van der Waals surface area (Å²) in [5.41, 5.74) is 2.22. The molecule has 0 radical (unpaired) electrons. The van der Waals surface area contributed by atoms with Gasteiger partial charge < -0.3 is 9.64 Å². The van der Waals surface area contributed by atoms with Crippen LogP contribution in [0.5, 0.6) is 0 Å². The number of anilines is 1. The normalized spacial score (nSPS) is 24.0. The smallest absolute Gasteiger partial charge is 0.182 e. The van der Waals surface area contributed by atoms with Gasteiger partial charge in [-0.3, -0.25) is 0 Å². The monoisotopic (exact) mass is 455 g/mol. The first-order valence-electron chi connectivity index (χ1n) is 9.37. The van der Waals surface area contributed by atoms with Crippen molar-refractivity contribution in [3.63, 3.8) is 0 Å². The van der Waals surface area contributed by atoms with E-state index in [1.807, 2.05) is 10.9 Å². The molecule has 2 fully saturated rings. The molecule has 2 saturated heterocycles. The predicted octanol–water partition coefficient (Wildman–Crippen LogP) is 4.15. The van der Waals surface area contributed by atoms with Gasteiger partial charge in [0.25, 0.3) is 0 Å². The van der Waals surface area contributed by atoms with Gasteiger partial charge in [-0.2, -0.15) is 5.10 Å². The molecule has 0 N–H and O–H groups in total. The van der Waals surface area contributed by atoms with Gasteiger partial charge in [0, 0.05) is 19.7 Å². The highest BCUT2D eigenvalue weighted by Gasteiger charge is 2.29. The lowest BCUT2D eigenvalue weighted by Crippen LogP contribution is -2.38. The van der Waals surface area contributed by atoms with Crippen molar-refractivity contribution >= 4 is 39.6 Å². The maximum absolute atomic E-state index is 5.93. The summed E-state index contributed by atoms with van der Waals surface area (Å²) in [4.78, 5) is 12.0. The van der Waals surface area contributed by atoms with E-state index in [0.29, 0.717) is 5.41 Å². The van der Waals surface area contributed by atoms with Crippen LogP contribution in [0, 0.1) is 9.12 Å². The van der Waals surface area contributed by atoms with Crippen LogP contribution in [0.25, 0.3) is 11.2 Å². The minimum Gasteiger partial charge on any atom is -0.356 e. The molecule has 0 aliphatic carbocycles. The summed E-state index contributed by atoms with van der Waals surface area (Å²) in [7, 11) is 0. The quantitative estimate of drug-likeness (QED) is 0.652. The van der Waals surface area contributed by atoms with Crippen LogP contribution in [0.4, 0.5) is 5.82 Å². The summed E-state index contributed by atoms with van der Waals surface area (Å²) in [6.45, 7) is 7.60. The number of hydrogen-bond acceptors (Lipinski definition) is 5. The number of hydrogen-bond donors (Lipinski definition) is 0. The summed E-state index contributed by atoms with van der Waals surface area (Å²) in [5.74, 6) is 0.971. The van der Waals surface area contributed by atoms with Crippen molar-refractivity contribution in [3.8, 4) is 0 Å². The molecule has 1 atom stereocenters. The van der Waals surface area contributed by atoms with Gasteiger partial charge >= 0.3 is 0 Å². The average molecular weight is 455 g/mol. The van der Waals surface area contributed by atoms with Crippen LogP contribution in [0.3, 0.4) is 0 Å². The highest BCUT2D eigenvalue weighted by molar-refractivity contribution is 14.1. The van der Waals surface area contributed by atoms with Gasteiger partial charge in [0.15, 0.2) is 15.6 Å². The minimum absolute atomic E-state index is 0.00550. The zero-order valence-electron chi connectivity index (χ0n) is 15.0. The van der Waals surface area contributed by atoms with Gasteiger partial charge in [-0.05, 0) is 60.1 Å². The molecule has 2 aromatic rings. The Bertz CT molecular complexity index is 747. The van der Waals surface area contributed by atoms with Crippen LogP contribution in [-0.4, -0.2) is 39.4 Å². The van der Waals surface area contributed by atoms with E-state index in [1.165, 1.54) is 25.7 Å². The number of nitrogens with zero attached hydrogens (tertiary/aromatic N) is 5. The Morgan fingerprint density at radius 2 is 2.12 bits per heavy atom. The first-order valence-corrected chi connectivity index (χ1v) is 10.4. The van der Waals surface area contributed by atoms with Crippen molar-refractivity contribution in [2.24, 2.45) is 5.41 Å². The summed E-state index contributed by atoms with van der Waals surface area (Å²) < 4.78 is 8.78. The molecule has 7 heteroatoms. The molecular weight excluding hydrogens is 429 g/mol. The molecule has 2 aliphatic rings. The molecular formula is C18H26IN5O. The van der Waals surface area contributed by atoms with Crippen molar-refractivity contribution in [2.45, 2.75) is 58.6 Å². The highest BCUT2D eigenvalue weighted by Crippen LogP contribution is 2.35. The maximum atomic E-state index is 5.93. The number of aromatic nitrogens is 4. The standard InChI is InChI=1S/C18H26IN5O/c1-3-18(2)7-9-23(10-8-18)13-12-20-15-16(19)22-24(17(15)21-13)14-6-4-5-11-25-14/h12,14H,3-11H2,1-2H3. The van der Waals surface area contributed by atoms with Crippen molar-refractivity contribution in [1.82, 2.24) is 19.7 Å². The topological polar surface area (TPSA) is 56.1 Å². The van der Waals surface area contributed by atoms with E-state index in [-0.39, 0.29) is 6.23 Å². The molecule has 0 amide bonds. The maximum Gasteiger partial charge on any atom is 0.182 e. The van der Waals surface area contributed by atoms with Crippen LogP contribution < -0.4 is 4.90 Å². The third-order valence-corrected chi connectivity index (χ3v) is 6.65. The molecule has 6 nitrogen and oxygen atoms in total. The fraction of sp³-hybridized carbons (Fsp3) is 0.722. The predicted molar refractivity (Wildman–Crippen MR) is 107 cm³/mol.